The monoisotopic (exact) mass is 265 g/mol. The molecule has 1 aliphatic rings. The highest BCUT2D eigenvalue weighted by atomic mass is 16.4. The maximum Gasteiger partial charge on any atom is 0.223 e. The Morgan fingerprint density at radius 2 is 2.32 bits per heavy atom. The SMILES string of the molecule is CCc1cnc(CNC(=O)C2CCCCC2CN)o1. The number of amides is 1. The van der Waals surface area contributed by atoms with E-state index in [-0.39, 0.29) is 11.8 Å². The van der Waals surface area contributed by atoms with Crippen molar-refractivity contribution in [1.82, 2.24) is 10.3 Å². The van der Waals surface area contributed by atoms with E-state index in [2.05, 4.69) is 10.3 Å². The predicted molar refractivity (Wildman–Crippen MR) is 72.2 cm³/mol. The fourth-order valence-electron chi connectivity index (χ4n) is 2.72. The lowest BCUT2D eigenvalue weighted by molar-refractivity contribution is -0.127. The number of nitrogens with zero attached hydrogens (tertiary/aromatic N) is 1. The molecule has 0 aliphatic heterocycles. The zero-order valence-electron chi connectivity index (χ0n) is 11.5. The first-order chi connectivity index (χ1) is 9.24. The molecule has 5 heteroatoms. The zero-order chi connectivity index (χ0) is 13.7. The Morgan fingerprint density at radius 1 is 1.53 bits per heavy atom. The van der Waals surface area contributed by atoms with Crippen LogP contribution in [0, 0.1) is 11.8 Å². The topological polar surface area (TPSA) is 81.2 Å². The van der Waals surface area contributed by atoms with E-state index in [1.807, 2.05) is 6.92 Å². The fourth-order valence-corrected chi connectivity index (χ4v) is 2.72. The van der Waals surface area contributed by atoms with Crippen molar-refractivity contribution in [3.05, 3.63) is 17.8 Å². The maximum atomic E-state index is 12.2. The molecular weight excluding hydrogens is 242 g/mol. The summed E-state index contributed by atoms with van der Waals surface area (Å²) in [6.07, 6.45) is 6.84. The van der Waals surface area contributed by atoms with E-state index in [0.29, 0.717) is 24.9 Å². The minimum absolute atomic E-state index is 0.0550. The largest absolute Gasteiger partial charge is 0.444 e. The maximum absolute atomic E-state index is 12.2. The third-order valence-electron chi connectivity index (χ3n) is 3.91. The van der Waals surface area contributed by atoms with Crippen LogP contribution in [0.25, 0.3) is 0 Å². The summed E-state index contributed by atoms with van der Waals surface area (Å²) in [6, 6.07) is 0. The summed E-state index contributed by atoms with van der Waals surface area (Å²) in [4.78, 5) is 16.3. The van der Waals surface area contributed by atoms with Gasteiger partial charge in [0.1, 0.15) is 5.76 Å². The van der Waals surface area contributed by atoms with Gasteiger partial charge in [0, 0.05) is 12.3 Å². The van der Waals surface area contributed by atoms with E-state index in [1.165, 1.54) is 6.42 Å². The molecule has 5 nitrogen and oxygen atoms in total. The molecule has 0 spiro atoms. The molecule has 2 atom stereocenters. The number of aromatic nitrogens is 1. The zero-order valence-corrected chi connectivity index (χ0v) is 11.5. The van der Waals surface area contributed by atoms with Crippen LogP contribution in [0.3, 0.4) is 0 Å². The normalized spacial score (nSPS) is 23.3. The van der Waals surface area contributed by atoms with Crippen LogP contribution in [0.5, 0.6) is 0 Å². The third-order valence-corrected chi connectivity index (χ3v) is 3.91. The summed E-state index contributed by atoms with van der Waals surface area (Å²) in [5, 5.41) is 2.92. The van der Waals surface area contributed by atoms with Crippen LogP contribution in [0.15, 0.2) is 10.6 Å². The highest BCUT2D eigenvalue weighted by Crippen LogP contribution is 2.29. The van der Waals surface area contributed by atoms with Crippen molar-refractivity contribution in [2.75, 3.05) is 6.54 Å². The number of aryl methyl sites for hydroxylation is 1. The molecule has 2 unspecified atom stereocenters. The summed E-state index contributed by atoms with van der Waals surface area (Å²) in [5.74, 6) is 1.89. The van der Waals surface area contributed by atoms with Gasteiger partial charge in [-0.15, -0.1) is 0 Å². The highest BCUT2D eigenvalue weighted by molar-refractivity contribution is 5.78. The first kappa shape index (κ1) is 14.1. The first-order valence-corrected chi connectivity index (χ1v) is 7.16. The van der Waals surface area contributed by atoms with Crippen LogP contribution >= 0.6 is 0 Å². The van der Waals surface area contributed by atoms with Crippen LogP contribution in [-0.2, 0) is 17.8 Å². The molecule has 2 rings (SSSR count). The molecule has 1 aromatic rings. The Labute approximate surface area is 114 Å². The van der Waals surface area contributed by atoms with Gasteiger partial charge in [0.15, 0.2) is 0 Å². The van der Waals surface area contributed by atoms with Gasteiger partial charge in [0.25, 0.3) is 0 Å². The number of hydrogen-bond acceptors (Lipinski definition) is 4. The number of nitrogens with two attached hydrogens (primary N) is 1. The second-order valence-corrected chi connectivity index (χ2v) is 5.18. The van der Waals surface area contributed by atoms with E-state index < -0.39 is 0 Å². The number of carbonyl (C=O) groups is 1. The Bertz CT molecular complexity index is 417. The number of hydrogen-bond donors (Lipinski definition) is 2. The smallest absolute Gasteiger partial charge is 0.223 e. The van der Waals surface area contributed by atoms with E-state index in [9.17, 15) is 4.79 Å². The van der Waals surface area contributed by atoms with Crippen molar-refractivity contribution in [1.29, 1.82) is 0 Å². The standard InChI is InChI=1S/C14H23N3O2/c1-2-11-8-16-13(19-11)9-17-14(18)12-6-4-3-5-10(12)7-15/h8,10,12H,2-7,9,15H2,1H3,(H,17,18). The van der Waals surface area contributed by atoms with Gasteiger partial charge in [-0.25, -0.2) is 4.98 Å². The summed E-state index contributed by atoms with van der Waals surface area (Å²) in [6.45, 7) is 2.97. The Hall–Kier alpha value is -1.36. The highest BCUT2D eigenvalue weighted by Gasteiger charge is 2.29. The number of oxazole rings is 1. The van der Waals surface area contributed by atoms with Crippen LogP contribution in [0.1, 0.15) is 44.3 Å². The molecule has 1 amide bonds. The van der Waals surface area contributed by atoms with Crippen LogP contribution in [0.4, 0.5) is 0 Å². The van der Waals surface area contributed by atoms with Crippen LogP contribution < -0.4 is 11.1 Å². The van der Waals surface area contributed by atoms with Crippen molar-refractivity contribution in [2.24, 2.45) is 17.6 Å². The van der Waals surface area contributed by atoms with Crippen molar-refractivity contribution in [2.45, 2.75) is 45.6 Å². The molecule has 1 saturated carbocycles. The van der Waals surface area contributed by atoms with Gasteiger partial charge >= 0.3 is 0 Å². The molecule has 1 aliphatic carbocycles. The minimum atomic E-state index is 0.0550. The average molecular weight is 265 g/mol. The van der Waals surface area contributed by atoms with Gasteiger partial charge in [-0.2, -0.15) is 0 Å². The molecule has 0 saturated heterocycles. The molecule has 0 bridgehead atoms. The molecular formula is C14H23N3O2. The van der Waals surface area contributed by atoms with E-state index >= 15 is 0 Å². The van der Waals surface area contributed by atoms with Crippen LogP contribution in [0.2, 0.25) is 0 Å². The lowest BCUT2D eigenvalue weighted by atomic mass is 9.79. The quantitative estimate of drug-likeness (QED) is 0.847. The van der Waals surface area contributed by atoms with Gasteiger partial charge in [-0.1, -0.05) is 19.8 Å². The molecule has 1 heterocycles. The number of carbonyl (C=O) groups excluding carboxylic acids is 1. The summed E-state index contributed by atoms with van der Waals surface area (Å²) in [5.41, 5.74) is 5.75. The van der Waals surface area contributed by atoms with Gasteiger partial charge < -0.3 is 15.5 Å². The van der Waals surface area contributed by atoms with Gasteiger partial charge in [0.05, 0.1) is 12.7 Å². The van der Waals surface area contributed by atoms with Crippen molar-refractivity contribution in [3.8, 4) is 0 Å². The Morgan fingerprint density at radius 3 is 3.00 bits per heavy atom. The molecule has 0 aromatic carbocycles. The molecule has 106 valence electrons. The third kappa shape index (κ3) is 3.56. The molecule has 1 fully saturated rings. The van der Waals surface area contributed by atoms with Crippen LogP contribution in [-0.4, -0.2) is 17.4 Å². The number of nitrogens with one attached hydrogen (secondary N) is 1. The van der Waals surface area contributed by atoms with Crippen molar-refractivity contribution >= 4 is 5.91 Å². The number of rotatable bonds is 5. The fraction of sp³-hybridized carbons (Fsp3) is 0.714. The first-order valence-electron chi connectivity index (χ1n) is 7.16. The second kappa shape index (κ2) is 6.70. The Kier molecular flexibility index (Phi) is 4.96. The van der Waals surface area contributed by atoms with Gasteiger partial charge in [-0.05, 0) is 25.3 Å². The molecule has 3 N–H and O–H groups in total. The Balaban J connectivity index is 1.86. The van der Waals surface area contributed by atoms with E-state index in [1.54, 1.807) is 6.20 Å². The average Bonchev–Trinajstić information content (AvgIpc) is 2.92. The minimum Gasteiger partial charge on any atom is -0.444 e. The summed E-state index contributed by atoms with van der Waals surface area (Å²) in [7, 11) is 0. The van der Waals surface area contributed by atoms with E-state index in [0.717, 1.165) is 31.4 Å². The second-order valence-electron chi connectivity index (χ2n) is 5.18. The predicted octanol–water partition coefficient (Wildman–Crippen LogP) is 1.62. The van der Waals surface area contributed by atoms with Crippen molar-refractivity contribution < 1.29 is 9.21 Å². The van der Waals surface area contributed by atoms with Gasteiger partial charge in [-0.3, -0.25) is 4.79 Å². The lowest BCUT2D eigenvalue weighted by Gasteiger charge is -2.29. The molecule has 19 heavy (non-hydrogen) atoms. The molecule has 1 aromatic heterocycles. The summed E-state index contributed by atoms with van der Waals surface area (Å²) >= 11 is 0. The summed E-state index contributed by atoms with van der Waals surface area (Å²) < 4.78 is 5.47. The van der Waals surface area contributed by atoms with Crippen molar-refractivity contribution in [3.63, 3.8) is 0 Å². The van der Waals surface area contributed by atoms with Gasteiger partial charge in [0.2, 0.25) is 11.8 Å². The molecule has 0 radical (unpaired) electrons. The lowest BCUT2D eigenvalue weighted by Crippen LogP contribution is -2.39. The van der Waals surface area contributed by atoms with E-state index in [4.69, 9.17) is 10.2 Å².